The van der Waals surface area contributed by atoms with E-state index in [1.165, 1.54) is 0 Å². The standard InChI is InChI=1S/C24H27NO5/c1-5-8-17-11-12-19(22(13-17)27-4)29-15-23(26)25-16(3)21-14-18-9-7-10-20(28-6-2)24(18)30-21/h5,7,9-14,16H,1,6,8,15H2,2-4H3,(H,25,26). The fourth-order valence-corrected chi connectivity index (χ4v) is 3.16. The molecule has 2 aromatic carbocycles. The summed E-state index contributed by atoms with van der Waals surface area (Å²) in [5, 5.41) is 3.82. The van der Waals surface area contributed by atoms with E-state index in [-0.39, 0.29) is 18.6 Å². The fourth-order valence-electron chi connectivity index (χ4n) is 3.16. The van der Waals surface area contributed by atoms with Crippen LogP contribution in [0.2, 0.25) is 0 Å². The second-order valence-corrected chi connectivity index (χ2v) is 6.81. The highest BCUT2D eigenvalue weighted by atomic mass is 16.5. The number of amides is 1. The van der Waals surface area contributed by atoms with E-state index in [4.69, 9.17) is 18.6 Å². The maximum absolute atomic E-state index is 12.4. The number of furan rings is 1. The van der Waals surface area contributed by atoms with Gasteiger partial charge in [0.2, 0.25) is 0 Å². The van der Waals surface area contributed by atoms with Crippen LogP contribution >= 0.6 is 0 Å². The Morgan fingerprint density at radius 2 is 2.00 bits per heavy atom. The lowest BCUT2D eigenvalue weighted by Gasteiger charge is -2.14. The van der Waals surface area contributed by atoms with Crippen molar-refractivity contribution in [3.63, 3.8) is 0 Å². The van der Waals surface area contributed by atoms with Crippen LogP contribution in [0.1, 0.15) is 31.2 Å². The molecule has 0 radical (unpaired) electrons. The summed E-state index contributed by atoms with van der Waals surface area (Å²) in [5.41, 5.74) is 1.74. The van der Waals surface area contributed by atoms with Gasteiger partial charge < -0.3 is 23.9 Å². The molecule has 1 atom stereocenters. The quantitative estimate of drug-likeness (QED) is 0.486. The first-order valence-corrected chi connectivity index (χ1v) is 9.91. The lowest BCUT2D eigenvalue weighted by atomic mass is 10.1. The van der Waals surface area contributed by atoms with E-state index in [0.717, 1.165) is 17.4 Å². The number of para-hydroxylation sites is 1. The van der Waals surface area contributed by atoms with Gasteiger partial charge in [0.1, 0.15) is 5.76 Å². The number of allylic oxidation sites excluding steroid dienone is 1. The topological polar surface area (TPSA) is 69.9 Å². The molecular weight excluding hydrogens is 382 g/mol. The molecule has 0 aliphatic rings. The molecule has 3 aromatic rings. The average Bonchev–Trinajstić information content (AvgIpc) is 3.19. The number of hydrogen-bond acceptors (Lipinski definition) is 5. The average molecular weight is 409 g/mol. The van der Waals surface area contributed by atoms with Crippen molar-refractivity contribution in [1.29, 1.82) is 0 Å². The minimum Gasteiger partial charge on any atom is -0.493 e. The molecule has 30 heavy (non-hydrogen) atoms. The van der Waals surface area contributed by atoms with Gasteiger partial charge in [-0.3, -0.25) is 4.79 Å². The number of carbonyl (C=O) groups is 1. The van der Waals surface area contributed by atoms with E-state index >= 15 is 0 Å². The van der Waals surface area contributed by atoms with Crippen LogP contribution in [0.5, 0.6) is 17.2 Å². The molecule has 1 unspecified atom stereocenters. The Balaban J connectivity index is 1.63. The first-order valence-electron chi connectivity index (χ1n) is 9.91. The Labute approximate surface area is 176 Å². The van der Waals surface area contributed by atoms with E-state index < -0.39 is 0 Å². The van der Waals surface area contributed by atoms with Crippen LogP contribution in [0.15, 0.2) is 59.5 Å². The SMILES string of the molecule is C=CCc1ccc(OCC(=O)NC(C)c2cc3cccc(OCC)c3o2)c(OC)c1. The molecule has 0 aliphatic carbocycles. The summed E-state index contributed by atoms with van der Waals surface area (Å²) in [4.78, 5) is 12.4. The molecule has 3 rings (SSSR count). The largest absolute Gasteiger partial charge is 0.493 e. The van der Waals surface area contributed by atoms with E-state index in [0.29, 0.717) is 35.2 Å². The molecule has 0 bridgehead atoms. The van der Waals surface area contributed by atoms with Crippen molar-refractivity contribution in [2.45, 2.75) is 26.3 Å². The summed E-state index contributed by atoms with van der Waals surface area (Å²) in [6.45, 7) is 7.94. The Morgan fingerprint density at radius 1 is 1.17 bits per heavy atom. The number of fused-ring (bicyclic) bond motifs is 1. The predicted molar refractivity (Wildman–Crippen MR) is 116 cm³/mol. The van der Waals surface area contributed by atoms with Gasteiger partial charge in [-0.15, -0.1) is 6.58 Å². The normalized spacial score (nSPS) is 11.7. The highest BCUT2D eigenvalue weighted by Gasteiger charge is 2.17. The van der Waals surface area contributed by atoms with Gasteiger partial charge in [-0.25, -0.2) is 0 Å². The molecule has 6 heteroatoms. The van der Waals surface area contributed by atoms with Crippen molar-refractivity contribution < 1.29 is 23.4 Å². The first kappa shape index (κ1) is 21.3. The van der Waals surface area contributed by atoms with Crippen LogP contribution in [0.4, 0.5) is 0 Å². The predicted octanol–water partition coefficient (Wildman–Crippen LogP) is 4.82. The third kappa shape index (κ3) is 4.95. The highest BCUT2D eigenvalue weighted by molar-refractivity contribution is 5.84. The summed E-state index contributed by atoms with van der Waals surface area (Å²) in [6, 6.07) is 12.9. The second kappa shape index (κ2) is 9.87. The number of ether oxygens (including phenoxy) is 3. The Bertz CT molecular complexity index is 1020. The maximum Gasteiger partial charge on any atom is 0.258 e. The van der Waals surface area contributed by atoms with Crippen LogP contribution < -0.4 is 19.5 Å². The fraction of sp³-hybridized carbons (Fsp3) is 0.292. The number of carbonyl (C=O) groups excluding carboxylic acids is 1. The Hall–Kier alpha value is -3.41. The van der Waals surface area contributed by atoms with Crippen LogP contribution in [0, 0.1) is 0 Å². The monoisotopic (exact) mass is 409 g/mol. The Kier molecular flexibility index (Phi) is 7.01. The van der Waals surface area contributed by atoms with Gasteiger partial charge in [-0.2, -0.15) is 0 Å². The van der Waals surface area contributed by atoms with E-state index in [2.05, 4.69) is 11.9 Å². The van der Waals surface area contributed by atoms with Gasteiger partial charge in [0.25, 0.3) is 5.91 Å². The zero-order valence-electron chi connectivity index (χ0n) is 17.6. The maximum atomic E-state index is 12.4. The number of methoxy groups -OCH3 is 1. The lowest BCUT2D eigenvalue weighted by molar-refractivity contribution is -0.123. The van der Waals surface area contributed by atoms with Crippen LogP contribution in [-0.4, -0.2) is 26.2 Å². The van der Waals surface area contributed by atoms with E-state index in [1.54, 1.807) is 13.2 Å². The van der Waals surface area contributed by atoms with Crippen molar-refractivity contribution in [3.05, 3.63) is 66.4 Å². The van der Waals surface area contributed by atoms with Gasteiger partial charge >= 0.3 is 0 Å². The minimum absolute atomic E-state index is 0.133. The van der Waals surface area contributed by atoms with Crippen LogP contribution in [0.25, 0.3) is 11.0 Å². The van der Waals surface area contributed by atoms with Crippen molar-refractivity contribution >= 4 is 16.9 Å². The molecule has 6 nitrogen and oxygen atoms in total. The van der Waals surface area contributed by atoms with Crippen LogP contribution in [-0.2, 0) is 11.2 Å². The molecule has 0 saturated carbocycles. The molecule has 1 heterocycles. The Morgan fingerprint density at radius 3 is 2.73 bits per heavy atom. The first-order chi connectivity index (χ1) is 14.5. The number of benzene rings is 2. The molecule has 0 fully saturated rings. The zero-order valence-corrected chi connectivity index (χ0v) is 17.6. The van der Waals surface area contributed by atoms with Gasteiger partial charge in [0, 0.05) is 5.39 Å². The zero-order chi connectivity index (χ0) is 21.5. The van der Waals surface area contributed by atoms with Gasteiger partial charge in [0.15, 0.2) is 29.4 Å². The van der Waals surface area contributed by atoms with E-state index in [1.807, 2.05) is 56.3 Å². The molecular formula is C24H27NO5. The molecule has 0 spiro atoms. The van der Waals surface area contributed by atoms with Crippen molar-refractivity contribution in [3.8, 4) is 17.2 Å². The summed E-state index contributed by atoms with van der Waals surface area (Å²) < 4.78 is 22.6. The van der Waals surface area contributed by atoms with Gasteiger partial charge in [-0.05, 0) is 50.1 Å². The molecule has 0 saturated heterocycles. The summed E-state index contributed by atoms with van der Waals surface area (Å²) in [7, 11) is 1.57. The highest BCUT2D eigenvalue weighted by Crippen LogP contribution is 2.31. The van der Waals surface area contributed by atoms with Crippen molar-refractivity contribution in [2.24, 2.45) is 0 Å². The van der Waals surface area contributed by atoms with Gasteiger partial charge in [-0.1, -0.05) is 24.3 Å². The number of rotatable bonds is 10. The summed E-state index contributed by atoms with van der Waals surface area (Å²) in [5.74, 6) is 2.17. The van der Waals surface area contributed by atoms with Gasteiger partial charge in [0.05, 0.1) is 19.8 Å². The number of nitrogens with one attached hydrogen (secondary N) is 1. The lowest BCUT2D eigenvalue weighted by Crippen LogP contribution is -2.31. The molecule has 158 valence electrons. The molecule has 0 aliphatic heterocycles. The molecule has 1 amide bonds. The third-order valence-electron chi connectivity index (χ3n) is 4.60. The smallest absolute Gasteiger partial charge is 0.258 e. The van der Waals surface area contributed by atoms with E-state index in [9.17, 15) is 4.79 Å². The second-order valence-electron chi connectivity index (χ2n) is 6.81. The number of hydrogen-bond donors (Lipinski definition) is 1. The van der Waals surface area contributed by atoms with Crippen LogP contribution in [0.3, 0.4) is 0 Å². The third-order valence-corrected chi connectivity index (χ3v) is 4.60. The van der Waals surface area contributed by atoms with Crippen molar-refractivity contribution in [1.82, 2.24) is 5.32 Å². The molecule has 1 N–H and O–H groups in total. The summed E-state index contributed by atoms with van der Waals surface area (Å²) >= 11 is 0. The minimum atomic E-state index is -0.320. The van der Waals surface area contributed by atoms with Crippen molar-refractivity contribution in [2.75, 3.05) is 20.3 Å². The molecule has 1 aromatic heterocycles. The summed E-state index contributed by atoms with van der Waals surface area (Å²) in [6.07, 6.45) is 2.55.